The second-order valence-electron chi connectivity index (χ2n) is 4.60. The van der Waals surface area contributed by atoms with Crippen molar-refractivity contribution in [1.29, 1.82) is 0 Å². The van der Waals surface area contributed by atoms with Crippen molar-refractivity contribution in [2.75, 3.05) is 0 Å². The van der Waals surface area contributed by atoms with E-state index < -0.39 is 6.36 Å². The number of alkyl halides is 3. The van der Waals surface area contributed by atoms with E-state index in [2.05, 4.69) is 4.74 Å². The van der Waals surface area contributed by atoms with Crippen molar-refractivity contribution in [1.82, 2.24) is 0 Å². The third-order valence-corrected chi connectivity index (χ3v) is 4.22. The average Bonchev–Trinajstić information content (AvgIpc) is 2.89. The molecule has 0 saturated carbocycles. The standard InChI is InChI=1S/C16H9F3O2S/c17-16(18,19)21-13-5-6-14-12(7-13)8-15(22-14)11-3-1-10(9-20)2-4-11/h1-9H. The molecule has 3 aromatic rings. The SMILES string of the molecule is O=Cc1ccc(-c2cc3cc(OC(F)(F)F)ccc3s2)cc1. The van der Waals surface area contributed by atoms with E-state index in [1.807, 2.05) is 12.1 Å². The molecule has 22 heavy (non-hydrogen) atoms. The number of fused-ring (bicyclic) bond motifs is 1. The first-order valence-corrected chi connectivity index (χ1v) is 7.11. The van der Waals surface area contributed by atoms with E-state index in [4.69, 9.17) is 0 Å². The van der Waals surface area contributed by atoms with Gasteiger partial charge in [-0.1, -0.05) is 24.3 Å². The number of rotatable bonds is 3. The van der Waals surface area contributed by atoms with Gasteiger partial charge in [0.1, 0.15) is 12.0 Å². The van der Waals surface area contributed by atoms with Gasteiger partial charge in [0.2, 0.25) is 0 Å². The van der Waals surface area contributed by atoms with Gasteiger partial charge in [-0.05, 0) is 35.2 Å². The summed E-state index contributed by atoms with van der Waals surface area (Å²) in [6, 6.07) is 13.1. The predicted octanol–water partition coefficient (Wildman–Crippen LogP) is 5.28. The molecule has 0 aliphatic rings. The van der Waals surface area contributed by atoms with Gasteiger partial charge in [-0.3, -0.25) is 4.79 Å². The molecule has 0 unspecified atom stereocenters. The third kappa shape index (κ3) is 3.12. The molecule has 0 amide bonds. The number of thiophene rings is 1. The summed E-state index contributed by atoms with van der Waals surface area (Å²) in [5.41, 5.74) is 1.48. The fourth-order valence-corrected chi connectivity index (χ4v) is 3.14. The van der Waals surface area contributed by atoms with Crippen LogP contribution in [0.2, 0.25) is 0 Å². The highest BCUT2D eigenvalue weighted by Gasteiger charge is 2.31. The second kappa shape index (κ2) is 5.46. The number of aldehydes is 1. The Morgan fingerprint density at radius 3 is 2.36 bits per heavy atom. The summed E-state index contributed by atoms with van der Waals surface area (Å²) in [5.74, 6) is -0.236. The number of hydrogen-bond donors (Lipinski definition) is 0. The lowest BCUT2D eigenvalue weighted by molar-refractivity contribution is -0.274. The van der Waals surface area contributed by atoms with Crippen LogP contribution < -0.4 is 4.74 Å². The van der Waals surface area contributed by atoms with Crippen LogP contribution in [0.5, 0.6) is 5.75 Å². The minimum atomic E-state index is -4.70. The third-order valence-electron chi connectivity index (χ3n) is 3.05. The molecule has 112 valence electrons. The molecule has 0 spiro atoms. The molecule has 1 aromatic heterocycles. The molecule has 0 N–H and O–H groups in total. The summed E-state index contributed by atoms with van der Waals surface area (Å²) in [5, 5.41) is 0.682. The Morgan fingerprint density at radius 1 is 1.00 bits per heavy atom. The van der Waals surface area contributed by atoms with Crippen LogP contribution in [-0.4, -0.2) is 12.6 Å². The van der Waals surface area contributed by atoms with Crippen molar-refractivity contribution in [3.8, 4) is 16.2 Å². The molecule has 6 heteroatoms. The monoisotopic (exact) mass is 322 g/mol. The lowest BCUT2D eigenvalue weighted by atomic mass is 10.1. The fraction of sp³-hybridized carbons (Fsp3) is 0.0625. The minimum absolute atomic E-state index is 0.236. The number of hydrogen-bond acceptors (Lipinski definition) is 3. The zero-order valence-electron chi connectivity index (χ0n) is 11.1. The highest BCUT2D eigenvalue weighted by molar-refractivity contribution is 7.22. The van der Waals surface area contributed by atoms with Gasteiger partial charge >= 0.3 is 6.36 Å². The predicted molar refractivity (Wildman–Crippen MR) is 79.3 cm³/mol. The molecule has 0 saturated heterocycles. The molecule has 0 atom stereocenters. The van der Waals surface area contributed by atoms with Crippen LogP contribution in [-0.2, 0) is 0 Å². The van der Waals surface area contributed by atoms with Crippen LogP contribution in [0.15, 0.2) is 48.5 Å². The first-order chi connectivity index (χ1) is 10.4. The molecule has 1 heterocycles. The maximum atomic E-state index is 12.2. The average molecular weight is 322 g/mol. The molecule has 0 bridgehead atoms. The van der Waals surface area contributed by atoms with Crippen molar-refractivity contribution < 1.29 is 22.7 Å². The largest absolute Gasteiger partial charge is 0.573 e. The van der Waals surface area contributed by atoms with E-state index in [1.165, 1.54) is 23.5 Å². The van der Waals surface area contributed by atoms with E-state index in [0.717, 1.165) is 21.4 Å². The molecular weight excluding hydrogens is 313 g/mol. The summed E-state index contributed by atoms with van der Waals surface area (Å²) < 4.78 is 41.5. The molecule has 0 aliphatic heterocycles. The van der Waals surface area contributed by atoms with Crippen LogP contribution in [0.1, 0.15) is 10.4 Å². The molecule has 0 aliphatic carbocycles. The first-order valence-electron chi connectivity index (χ1n) is 6.29. The van der Waals surface area contributed by atoms with Crippen LogP contribution in [0, 0.1) is 0 Å². The van der Waals surface area contributed by atoms with Crippen LogP contribution in [0.3, 0.4) is 0 Å². The smallest absolute Gasteiger partial charge is 0.406 e. The molecule has 0 fully saturated rings. The van der Waals surface area contributed by atoms with Gasteiger partial charge in [-0.15, -0.1) is 24.5 Å². The molecule has 2 aromatic carbocycles. The van der Waals surface area contributed by atoms with Gasteiger partial charge in [0.15, 0.2) is 0 Å². The summed E-state index contributed by atoms with van der Waals surface area (Å²) in [6.07, 6.45) is -3.94. The Kier molecular flexibility index (Phi) is 3.62. The second-order valence-corrected chi connectivity index (χ2v) is 5.68. The lowest BCUT2D eigenvalue weighted by Gasteiger charge is -2.08. The zero-order chi connectivity index (χ0) is 15.7. The van der Waals surface area contributed by atoms with E-state index >= 15 is 0 Å². The topological polar surface area (TPSA) is 26.3 Å². The summed E-state index contributed by atoms with van der Waals surface area (Å²) >= 11 is 1.47. The Labute approximate surface area is 127 Å². The number of carbonyl (C=O) groups is 1. The Morgan fingerprint density at radius 2 is 1.73 bits per heavy atom. The van der Waals surface area contributed by atoms with Gasteiger partial charge in [0.05, 0.1) is 0 Å². The first kappa shape index (κ1) is 14.6. The highest BCUT2D eigenvalue weighted by Crippen LogP contribution is 2.36. The summed E-state index contributed by atoms with van der Waals surface area (Å²) in [4.78, 5) is 11.6. The number of halogens is 3. The highest BCUT2D eigenvalue weighted by atomic mass is 32.1. The summed E-state index contributed by atoms with van der Waals surface area (Å²) in [7, 11) is 0. The van der Waals surface area contributed by atoms with Crippen molar-refractivity contribution >= 4 is 27.7 Å². The maximum Gasteiger partial charge on any atom is 0.573 e. The maximum absolute atomic E-state index is 12.2. The van der Waals surface area contributed by atoms with Crippen LogP contribution in [0.25, 0.3) is 20.5 Å². The van der Waals surface area contributed by atoms with E-state index in [1.54, 1.807) is 24.3 Å². The number of carbonyl (C=O) groups excluding carboxylic acids is 1. The number of benzene rings is 2. The van der Waals surface area contributed by atoms with Crippen LogP contribution >= 0.6 is 11.3 Å². The molecule has 3 rings (SSSR count). The van der Waals surface area contributed by atoms with Crippen molar-refractivity contribution in [2.24, 2.45) is 0 Å². The Bertz CT molecular complexity index is 820. The summed E-state index contributed by atoms with van der Waals surface area (Å²) in [6.45, 7) is 0. The van der Waals surface area contributed by atoms with Gasteiger partial charge < -0.3 is 4.74 Å². The van der Waals surface area contributed by atoms with E-state index in [0.29, 0.717) is 10.9 Å². The van der Waals surface area contributed by atoms with Crippen LogP contribution in [0.4, 0.5) is 13.2 Å². The quantitative estimate of drug-likeness (QED) is 0.613. The van der Waals surface area contributed by atoms with Gasteiger partial charge in [-0.25, -0.2) is 0 Å². The molecule has 2 nitrogen and oxygen atoms in total. The zero-order valence-corrected chi connectivity index (χ0v) is 11.9. The lowest BCUT2D eigenvalue weighted by Crippen LogP contribution is -2.16. The van der Waals surface area contributed by atoms with E-state index in [9.17, 15) is 18.0 Å². The van der Waals surface area contributed by atoms with Crippen molar-refractivity contribution in [2.45, 2.75) is 6.36 Å². The Balaban J connectivity index is 1.96. The number of ether oxygens (including phenoxy) is 1. The van der Waals surface area contributed by atoms with Gasteiger partial charge in [-0.2, -0.15) is 0 Å². The van der Waals surface area contributed by atoms with Crippen molar-refractivity contribution in [3.63, 3.8) is 0 Å². The Hall–Kier alpha value is -2.34. The van der Waals surface area contributed by atoms with Gasteiger partial charge in [0, 0.05) is 15.1 Å². The van der Waals surface area contributed by atoms with E-state index in [-0.39, 0.29) is 5.75 Å². The fourth-order valence-electron chi connectivity index (χ4n) is 2.09. The van der Waals surface area contributed by atoms with Gasteiger partial charge in [0.25, 0.3) is 0 Å². The molecule has 0 radical (unpaired) electrons. The minimum Gasteiger partial charge on any atom is -0.406 e. The van der Waals surface area contributed by atoms with Crippen molar-refractivity contribution in [3.05, 3.63) is 54.1 Å². The molecular formula is C16H9F3O2S. The normalized spacial score (nSPS) is 11.6.